The monoisotopic (exact) mass is 536 g/mol. The zero-order valence-corrected chi connectivity index (χ0v) is 18.6. The van der Waals surface area contributed by atoms with Gasteiger partial charge in [0.1, 0.15) is 0 Å². The van der Waals surface area contributed by atoms with Gasteiger partial charge in [-0.2, -0.15) is 0 Å². The van der Waals surface area contributed by atoms with Gasteiger partial charge in [0.05, 0.1) is 0 Å². The van der Waals surface area contributed by atoms with Gasteiger partial charge in [0.25, 0.3) is 0 Å². The normalized spacial score (nSPS) is 1.50. The number of rotatable bonds is 0. The van der Waals surface area contributed by atoms with Crippen LogP contribution >= 0.6 is 0 Å². The first-order valence-corrected chi connectivity index (χ1v) is 4.11. The summed E-state index contributed by atoms with van der Waals surface area (Å²) in [5.74, 6) is 0. The van der Waals surface area contributed by atoms with Gasteiger partial charge in [-0.3, -0.25) is 0 Å². The second-order valence-corrected chi connectivity index (χ2v) is 0. The first-order chi connectivity index (χ1) is 3.00. The fourth-order valence-electron chi connectivity index (χ4n) is 0. The summed E-state index contributed by atoms with van der Waals surface area (Å²) in [6, 6.07) is 0. The second-order valence-electron chi connectivity index (χ2n) is 0. The molecule has 0 aromatic carbocycles. The maximum absolute atomic E-state index is 8.34. The third kappa shape index (κ3) is 63.2. The van der Waals surface area contributed by atoms with E-state index in [1.165, 1.54) is 0 Å². The molecule has 0 aliphatic rings. The molecule has 0 aliphatic heterocycles. The standard InChI is InChI=1S/3O.3Sn.2Zn. The van der Waals surface area contributed by atoms with Crippen LogP contribution in [0.2, 0.25) is 0 Å². The first kappa shape index (κ1) is 30.5. The van der Waals surface area contributed by atoms with Gasteiger partial charge in [-0.1, -0.05) is 0 Å². The van der Waals surface area contributed by atoms with Crippen molar-refractivity contribution in [1.82, 2.24) is 0 Å². The quantitative estimate of drug-likeness (QED) is 0.356. The number of hydrogen-bond donors (Lipinski definition) is 0. The largest absolute Gasteiger partial charge is 0 e. The first-order valence-electron chi connectivity index (χ1n) is 0.612. The van der Waals surface area contributed by atoms with Gasteiger partial charge in [0, 0.05) is 39.0 Å². The molecule has 0 rings (SSSR count). The van der Waals surface area contributed by atoms with Crippen molar-refractivity contribution >= 4 is 67.5 Å². The predicted octanol–water partition coefficient (Wildman–Crippen LogP) is -1.50. The third-order valence-corrected chi connectivity index (χ3v) is 0. The minimum atomic E-state index is 0. The zero-order chi connectivity index (χ0) is 6.00. The van der Waals surface area contributed by atoms with Crippen molar-refractivity contribution in [2.24, 2.45) is 0 Å². The van der Waals surface area contributed by atoms with Gasteiger partial charge in [0.2, 0.25) is 0 Å². The summed E-state index contributed by atoms with van der Waals surface area (Å²) in [4.78, 5) is 0. The van der Waals surface area contributed by atoms with Crippen molar-refractivity contribution in [2.45, 2.75) is 0 Å². The molecule has 8 heavy (non-hydrogen) atoms. The molecule has 0 amide bonds. The van der Waals surface area contributed by atoms with Crippen LogP contribution in [0.25, 0.3) is 0 Å². The maximum Gasteiger partial charge on any atom is 0 e. The van der Waals surface area contributed by atoms with E-state index in [1.54, 1.807) is 0 Å². The summed E-state index contributed by atoms with van der Waals surface area (Å²) in [7, 11) is 0. The Kier molecular flexibility index (Phi) is 338. The molecule has 34 valence electrons. The molecule has 3 nitrogen and oxygen atoms in total. The van der Waals surface area contributed by atoms with Gasteiger partial charge in [-0.15, -0.1) is 0 Å². The Bertz CT molecular complexity index is 17.2. The Morgan fingerprint density at radius 1 is 0.500 bits per heavy atom. The Morgan fingerprint density at radius 2 is 0.500 bits per heavy atom. The van der Waals surface area contributed by atoms with E-state index >= 15 is 0 Å². The van der Waals surface area contributed by atoms with Gasteiger partial charge in [-0.05, 0) is 0 Å². The van der Waals surface area contributed by atoms with Gasteiger partial charge in [0.15, 0.2) is 0 Å². The van der Waals surface area contributed by atoms with Gasteiger partial charge < -0.3 is 0 Å². The Labute approximate surface area is 113 Å². The summed E-state index contributed by atoms with van der Waals surface area (Å²) in [6.07, 6.45) is 0. The molecule has 0 unspecified atom stereocenters. The molecular formula is O3Sn3Zn2. The molecule has 0 aromatic rings. The Hall–Kier alpha value is 3.04. The molecular weight excluding hydrogens is 535 g/mol. The van der Waals surface area contributed by atoms with Crippen molar-refractivity contribution in [3.63, 3.8) is 0 Å². The molecule has 0 aromatic heterocycles. The fraction of sp³-hybridized carbons (Fsp3) is 0. The van der Waals surface area contributed by atoms with Crippen LogP contribution in [0, 0.1) is 0 Å². The summed E-state index contributed by atoms with van der Waals surface area (Å²) < 4.78 is 25.0. The van der Waals surface area contributed by atoms with Crippen molar-refractivity contribution in [3.8, 4) is 0 Å². The van der Waals surface area contributed by atoms with Crippen molar-refractivity contribution < 1.29 is 48.2 Å². The average molecular weight is 535 g/mol. The summed E-state index contributed by atoms with van der Waals surface area (Å²) in [6.45, 7) is 0. The molecule has 8 heteroatoms. The molecule has 6 radical (unpaired) electrons. The van der Waals surface area contributed by atoms with Crippen LogP contribution in [-0.2, 0) is 48.2 Å². The molecule has 0 bridgehead atoms. The van der Waals surface area contributed by atoms with Gasteiger partial charge in [-0.25, -0.2) is 0 Å². The minimum absolute atomic E-state index is 0. The smallest absolute Gasteiger partial charge is 0 e. The zero-order valence-electron chi connectivity index (χ0n) is 4.14. The maximum atomic E-state index is 8.34. The molecule has 0 spiro atoms. The van der Waals surface area contributed by atoms with E-state index in [9.17, 15) is 0 Å². The van der Waals surface area contributed by atoms with E-state index < -0.39 is 0 Å². The molecule has 0 heterocycles. The van der Waals surface area contributed by atoms with Crippen LogP contribution in [0.4, 0.5) is 0 Å². The molecule has 0 atom stereocenters. The summed E-state index contributed by atoms with van der Waals surface area (Å²) >= 11 is 0.900. The Morgan fingerprint density at radius 3 is 0.500 bits per heavy atom. The van der Waals surface area contributed by atoms with Crippen LogP contribution in [0.3, 0.4) is 0 Å². The molecule has 0 fully saturated rings. The van der Waals surface area contributed by atoms with E-state index in [-0.39, 0.29) is 39.0 Å². The van der Waals surface area contributed by atoms with Crippen LogP contribution in [0.5, 0.6) is 0 Å². The van der Waals surface area contributed by atoms with E-state index in [1.807, 2.05) is 0 Å². The topological polar surface area (TPSA) is 51.2 Å². The predicted molar refractivity (Wildman–Crippen MR) is 19.3 cm³/mol. The summed E-state index contributed by atoms with van der Waals surface area (Å²) in [5, 5.41) is 0. The van der Waals surface area contributed by atoms with Crippen molar-refractivity contribution in [1.29, 1.82) is 0 Å². The second kappa shape index (κ2) is 88.7. The average Bonchev–Trinajstić information content (AvgIpc) is 1.81. The molecule has 0 saturated heterocycles. The van der Waals surface area contributed by atoms with Crippen molar-refractivity contribution in [2.75, 3.05) is 0 Å². The Balaban J connectivity index is -0.00000000500. The van der Waals surface area contributed by atoms with Crippen LogP contribution < -0.4 is 0 Å². The SMILES string of the molecule is [O]=[Sn].[O]=[Sn].[O]=[Sn].[Zn].[Zn]. The molecule has 0 aliphatic carbocycles. The minimum Gasteiger partial charge on any atom is 0 e. The van der Waals surface area contributed by atoms with Crippen LogP contribution in [-0.4, -0.2) is 67.5 Å². The van der Waals surface area contributed by atoms with E-state index in [0.29, 0.717) is 67.5 Å². The van der Waals surface area contributed by atoms with E-state index in [2.05, 4.69) is 0 Å². The van der Waals surface area contributed by atoms with Gasteiger partial charge >= 0.3 is 76.8 Å². The van der Waals surface area contributed by atoms with Crippen molar-refractivity contribution in [3.05, 3.63) is 0 Å². The van der Waals surface area contributed by atoms with E-state index in [0.717, 1.165) is 0 Å². The van der Waals surface area contributed by atoms with Crippen LogP contribution in [0.15, 0.2) is 0 Å². The number of hydrogen-bond acceptors (Lipinski definition) is 3. The molecule has 0 saturated carbocycles. The fourth-order valence-corrected chi connectivity index (χ4v) is 0. The third-order valence-electron chi connectivity index (χ3n) is 0. The van der Waals surface area contributed by atoms with E-state index in [4.69, 9.17) is 9.23 Å². The summed E-state index contributed by atoms with van der Waals surface area (Å²) in [5.41, 5.74) is 0. The van der Waals surface area contributed by atoms with Crippen LogP contribution in [0.1, 0.15) is 0 Å². The molecule has 0 N–H and O–H groups in total.